The molecular formula is C14H18FN5. The molecule has 1 saturated heterocycles. The summed E-state index contributed by atoms with van der Waals surface area (Å²) in [4.78, 5) is 14.3. The smallest absolute Gasteiger partial charge is 0.143 e. The SMILES string of the molecule is Nc1nc(C2CC(CN3CC(F)C3)C2)nc2[nH]ccc12. The standard InChI is InChI=1S/C14H18FN5/c15-10-6-20(7-10)5-8-3-9(4-8)13-18-12(16)11-1-2-17-14(11)19-13/h1-2,8-10H,3-7H2,(H3,16,17,18,19). The molecule has 3 heterocycles. The molecule has 0 aromatic carbocycles. The molecule has 5 nitrogen and oxygen atoms in total. The van der Waals surface area contributed by atoms with Gasteiger partial charge in [0.15, 0.2) is 0 Å². The van der Waals surface area contributed by atoms with E-state index >= 15 is 0 Å². The normalized spacial score (nSPS) is 27.4. The largest absolute Gasteiger partial charge is 0.383 e. The minimum atomic E-state index is -0.607. The number of aromatic amines is 1. The van der Waals surface area contributed by atoms with E-state index < -0.39 is 6.17 Å². The summed E-state index contributed by atoms with van der Waals surface area (Å²) >= 11 is 0. The molecule has 106 valence electrons. The van der Waals surface area contributed by atoms with Crippen molar-refractivity contribution >= 4 is 16.9 Å². The van der Waals surface area contributed by atoms with Gasteiger partial charge in [-0.2, -0.15) is 0 Å². The van der Waals surface area contributed by atoms with Crippen molar-refractivity contribution in [2.45, 2.75) is 24.9 Å². The topological polar surface area (TPSA) is 70.8 Å². The molecule has 2 aromatic rings. The summed E-state index contributed by atoms with van der Waals surface area (Å²) in [5.41, 5.74) is 6.78. The number of nitrogens with two attached hydrogens (primary N) is 1. The fourth-order valence-corrected chi connectivity index (χ4v) is 3.28. The maximum atomic E-state index is 12.8. The molecule has 6 heteroatoms. The molecule has 20 heavy (non-hydrogen) atoms. The Morgan fingerprint density at radius 1 is 1.35 bits per heavy atom. The van der Waals surface area contributed by atoms with Crippen molar-refractivity contribution in [1.82, 2.24) is 19.9 Å². The Bertz CT molecular complexity index is 628. The Morgan fingerprint density at radius 2 is 2.15 bits per heavy atom. The first-order chi connectivity index (χ1) is 9.69. The molecule has 4 rings (SSSR count). The molecule has 2 aromatic heterocycles. The number of nitrogen functional groups attached to an aromatic ring is 1. The second kappa shape index (κ2) is 4.41. The first-order valence-corrected chi connectivity index (χ1v) is 7.16. The molecule has 0 bridgehead atoms. The van der Waals surface area contributed by atoms with E-state index in [2.05, 4.69) is 19.9 Å². The van der Waals surface area contributed by atoms with Crippen LogP contribution in [-0.2, 0) is 0 Å². The van der Waals surface area contributed by atoms with Gasteiger partial charge in [-0.3, -0.25) is 4.90 Å². The molecule has 0 radical (unpaired) electrons. The number of H-pyrrole nitrogens is 1. The van der Waals surface area contributed by atoms with Crippen molar-refractivity contribution in [2.24, 2.45) is 5.92 Å². The minimum Gasteiger partial charge on any atom is -0.383 e. The monoisotopic (exact) mass is 275 g/mol. The number of aromatic nitrogens is 3. The van der Waals surface area contributed by atoms with Gasteiger partial charge in [-0.15, -0.1) is 0 Å². The van der Waals surface area contributed by atoms with Crippen LogP contribution in [-0.4, -0.2) is 45.7 Å². The Hall–Kier alpha value is -1.69. The minimum absolute atomic E-state index is 0.400. The Balaban J connectivity index is 1.41. The second-order valence-corrected chi connectivity index (χ2v) is 6.06. The zero-order chi connectivity index (χ0) is 13.7. The average molecular weight is 275 g/mol. The van der Waals surface area contributed by atoms with Gasteiger partial charge in [-0.25, -0.2) is 14.4 Å². The van der Waals surface area contributed by atoms with E-state index in [0.29, 0.717) is 30.7 Å². The Morgan fingerprint density at radius 3 is 2.90 bits per heavy atom. The van der Waals surface area contributed by atoms with Crippen LogP contribution >= 0.6 is 0 Å². The summed E-state index contributed by atoms with van der Waals surface area (Å²) in [7, 11) is 0. The molecule has 0 spiro atoms. The van der Waals surface area contributed by atoms with Crippen LogP contribution in [0.4, 0.5) is 10.2 Å². The number of halogens is 1. The fourth-order valence-electron chi connectivity index (χ4n) is 3.28. The van der Waals surface area contributed by atoms with Gasteiger partial charge in [0.1, 0.15) is 23.5 Å². The lowest BCUT2D eigenvalue weighted by Gasteiger charge is -2.42. The molecule has 0 unspecified atom stereocenters. The Kier molecular flexibility index (Phi) is 2.66. The number of likely N-dealkylation sites (tertiary alicyclic amines) is 1. The van der Waals surface area contributed by atoms with Crippen LogP contribution < -0.4 is 5.73 Å². The average Bonchev–Trinajstić information content (AvgIpc) is 2.79. The summed E-state index contributed by atoms with van der Waals surface area (Å²) in [6, 6.07) is 1.90. The highest BCUT2D eigenvalue weighted by atomic mass is 19.1. The van der Waals surface area contributed by atoms with Gasteiger partial charge in [0, 0.05) is 31.7 Å². The van der Waals surface area contributed by atoms with Crippen LogP contribution in [0.3, 0.4) is 0 Å². The third-order valence-corrected chi connectivity index (χ3v) is 4.49. The first kappa shape index (κ1) is 12.1. The fraction of sp³-hybridized carbons (Fsp3) is 0.571. The van der Waals surface area contributed by atoms with Crippen LogP contribution in [0.25, 0.3) is 11.0 Å². The number of fused-ring (bicyclic) bond motifs is 1. The van der Waals surface area contributed by atoms with Crippen molar-refractivity contribution < 1.29 is 4.39 Å². The number of rotatable bonds is 3. The lowest BCUT2D eigenvalue weighted by atomic mass is 9.74. The van der Waals surface area contributed by atoms with Gasteiger partial charge in [0.25, 0.3) is 0 Å². The molecule has 0 amide bonds. The Labute approximate surface area is 116 Å². The van der Waals surface area contributed by atoms with Crippen LogP contribution in [0, 0.1) is 5.92 Å². The zero-order valence-corrected chi connectivity index (χ0v) is 11.2. The van der Waals surface area contributed by atoms with Crippen LogP contribution in [0.1, 0.15) is 24.6 Å². The first-order valence-electron chi connectivity index (χ1n) is 7.16. The van der Waals surface area contributed by atoms with Gasteiger partial charge in [-0.1, -0.05) is 0 Å². The van der Waals surface area contributed by atoms with Gasteiger partial charge in [0.2, 0.25) is 0 Å². The third-order valence-electron chi connectivity index (χ3n) is 4.49. The number of alkyl halides is 1. The van der Waals surface area contributed by atoms with Crippen molar-refractivity contribution in [1.29, 1.82) is 0 Å². The summed E-state index contributed by atoms with van der Waals surface area (Å²) in [6.07, 6.45) is 3.39. The summed E-state index contributed by atoms with van der Waals surface area (Å²) < 4.78 is 12.8. The van der Waals surface area contributed by atoms with E-state index in [0.717, 1.165) is 36.2 Å². The third kappa shape index (κ3) is 1.95. The van der Waals surface area contributed by atoms with Gasteiger partial charge >= 0.3 is 0 Å². The molecule has 3 N–H and O–H groups in total. The number of anilines is 1. The number of nitrogens with zero attached hydrogens (tertiary/aromatic N) is 3. The van der Waals surface area contributed by atoms with E-state index in [1.54, 1.807) is 0 Å². The van der Waals surface area contributed by atoms with Crippen molar-refractivity contribution in [2.75, 3.05) is 25.4 Å². The molecule has 1 aliphatic heterocycles. The highest BCUT2D eigenvalue weighted by Crippen LogP contribution is 2.41. The lowest BCUT2D eigenvalue weighted by molar-refractivity contribution is 0.0340. The van der Waals surface area contributed by atoms with E-state index in [9.17, 15) is 4.39 Å². The zero-order valence-electron chi connectivity index (χ0n) is 11.2. The highest BCUT2D eigenvalue weighted by molar-refractivity contribution is 5.85. The quantitative estimate of drug-likeness (QED) is 0.894. The van der Waals surface area contributed by atoms with Gasteiger partial charge < -0.3 is 10.7 Å². The van der Waals surface area contributed by atoms with Gasteiger partial charge in [0.05, 0.1) is 5.39 Å². The van der Waals surface area contributed by atoms with Crippen molar-refractivity contribution in [3.8, 4) is 0 Å². The molecule has 0 atom stereocenters. The summed E-state index contributed by atoms with van der Waals surface area (Å²) in [5, 5.41) is 0.888. The van der Waals surface area contributed by atoms with E-state index in [1.807, 2.05) is 12.3 Å². The highest BCUT2D eigenvalue weighted by Gasteiger charge is 2.36. The molecule has 2 aliphatic rings. The molecule has 1 aliphatic carbocycles. The van der Waals surface area contributed by atoms with Crippen LogP contribution in [0.15, 0.2) is 12.3 Å². The number of nitrogens with one attached hydrogen (secondary N) is 1. The van der Waals surface area contributed by atoms with Crippen molar-refractivity contribution in [3.63, 3.8) is 0 Å². The van der Waals surface area contributed by atoms with Crippen molar-refractivity contribution in [3.05, 3.63) is 18.1 Å². The summed E-state index contributed by atoms with van der Waals surface area (Å²) in [5.74, 6) is 2.45. The van der Waals surface area contributed by atoms with Crippen LogP contribution in [0.5, 0.6) is 0 Å². The summed E-state index contributed by atoms with van der Waals surface area (Å²) in [6.45, 7) is 2.23. The van der Waals surface area contributed by atoms with Crippen LogP contribution in [0.2, 0.25) is 0 Å². The van der Waals surface area contributed by atoms with Gasteiger partial charge in [-0.05, 0) is 24.8 Å². The predicted molar refractivity (Wildman–Crippen MR) is 75.1 cm³/mol. The predicted octanol–water partition coefficient (Wildman–Crippen LogP) is 1.69. The number of hydrogen-bond donors (Lipinski definition) is 2. The molecule has 2 fully saturated rings. The maximum Gasteiger partial charge on any atom is 0.143 e. The number of hydrogen-bond acceptors (Lipinski definition) is 4. The second-order valence-electron chi connectivity index (χ2n) is 6.06. The van der Waals surface area contributed by atoms with E-state index in [1.165, 1.54) is 0 Å². The molecular weight excluding hydrogens is 257 g/mol. The maximum absolute atomic E-state index is 12.8. The lowest BCUT2D eigenvalue weighted by Crippen LogP contribution is -2.51. The van der Waals surface area contributed by atoms with E-state index in [4.69, 9.17) is 5.73 Å². The molecule has 1 saturated carbocycles. The van der Waals surface area contributed by atoms with E-state index in [-0.39, 0.29) is 0 Å².